The van der Waals surface area contributed by atoms with Gasteiger partial charge in [0, 0.05) is 30.1 Å². The molecule has 0 saturated carbocycles. The van der Waals surface area contributed by atoms with Crippen molar-refractivity contribution in [2.75, 3.05) is 5.32 Å². The summed E-state index contributed by atoms with van der Waals surface area (Å²) in [6, 6.07) is 17.2. The summed E-state index contributed by atoms with van der Waals surface area (Å²) in [7, 11) is 0. The molecule has 33 heavy (non-hydrogen) atoms. The summed E-state index contributed by atoms with van der Waals surface area (Å²) in [4.78, 5) is 25.5. The Kier molecular flexibility index (Phi) is 6.95. The maximum absolute atomic E-state index is 12.1. The molecule has 1 aromatic carbocycles. The van der Waals surface area contributed by atoms with Crippen LogP contribution in [0.15, 0.2) is 67.0 Å². The third-order valence-electron chi connectivity index (χ3n) is 4.63. The molecule has 0 unspecified atom stereocenters. The number of carbonyl (C=O) groups is 1. The van der Waals surface area contributed by atoms with Crippen LogP contribution in [-0.2, 0) is 6.42 Å². The van der Waals surface area contributed by atoms with Crippen LogP contribution in [0.5, 0.6) is 10.8 Å². The van der Waals surface area contributed by atoms with Crippen molar-refractivity contribution < 1.29 is 9.53 Å². The molecule has 4 aromatic rings. The number of pyridine rings is 2. The van der Waals surface area contributed by atoms with Crippen molar-refractivity contribution in [2.45, 2.75) is 33.2 Å². The number of aromatic nitrogens is 3. The molecule has 0 aliphatic rings. The van der Waals surface area contributed by atoms with Crippen LogP contribution in [0.1, 0.15) is 36.1 Å². The van der Waals surface area contributed by atoms with Gasteiger partial charge in [-0.3, -0.25) is 4.79 Å². The van der Waals surface area contributed by atoms with Gasteiger partial charge >= 0.3 is 0 Å². The molecule has 0 saturated heterocycles. The summed E-state index contributed by atoms with van der Waals surface area (Å²) in [5.41, 5.74) is 2.35. The first kappa shape index (κ1) is 22.4. The third-order valence-corrected chi connectivity index (χ3v) is 5.71. The number of benzene rings is 1. The van der Waals surface area contributed by atoms with Crippen molar-refractivity contribution in [3.63, 3.8) is 0 Å². The van der Waals surface area contributed by atoms with Gasteiger partial charge in [0.1, 0.15) is 23.1 Å². The smallest absolute Gasteiger partial charge is 0.253 e. The number of anilines is 2. The van der Waals surface area contributed by atoms with Gasteiger partial charge in [-0.05, 0) is 38.5 Å². The zero-order valence-corrected chi connectivity index (χ0v) is 19.5. The Bertz CT molecular complexity index is 1220. The lowest BCUT2D eigenvalue weighted by molar-refractivity contribution is 0.0943. The quantitative estimate of drug-likeness (QED) is 0.344. The van der Waals surface area contributed by atoms with Crippen LogP contribution in [0.25, 0.3) is 11.3 Å². The van der Waals surface area contributed by atoms with Gasteiger partial charge in [-0.25, -0.2) is 15.0 Å². The standard InChI is InChI=1S/C25H25N5O2S/c1-4-22-30-23(17-8-6-5-7-9-17)25(33-22)32-19-12-13-26-21(14-19)29-20-11-10-18(15-27-20)24(31)28-16(2)3/h5-16H,4H2,1-3H3,(H,28,31)(H,26,27,29). The van der Waals surface area contributed by atoms with Crippen LogP contribution in [0.4, 0.5) is 11.6 Å². The lowest BCUT2D eigenvalue weighted by Gasteiger charge is -2.10. The molecular formula is C25H25N5O2S. The molecule has 168 valence electrons. The van der Waals surface area contributed by atoms with Crippen LogP contribution in [0, 0.1) is 0 Å². The Hall–Kier alpha value is -3.78. The average molecular weight is 460 g/mol. The molecule has 1 amide bonds. The normalized spacial score (nSPS) is 10.8. The summed E-state index contributed by atoms with van der Waals surface area (Å²) in [5.74, 6) is 1.66. The molecule has 4 rings (SSSR count). The topological polar surface area (TPSA) is 89.0 Å². The van der Waals surface area contributed by atoms with E-state index in [4.69, 9.17) is 9.72 Å². The van der Waals surface area contributed by atoms with E-state index in [1.165, 1.54) is 6.20 Å². The minimum absolute atomic E-state index is 0.0663. The van der Waals surface area contributed by atoms with E-state index in [1.54, 1.807) is 41.8 Å². The predicted molar refractivity (Wildman–Crippen MR) is 131 cm³/mol. The SMILES string of the molecule is CCc1nc(-c2ccccc2)c(Oc2ccnc(Nc3ccc(C(=O)NC(C)C)cn3)c2)s1. The van der Waals surface area contributed by atoms with E-state index in [2.05, 4.69) is 27.5 Å². The van der Waals surface area contributed by atoms with Gasteiger partial charge in [0.25, 0.3) is 5.91 Å². The molecule has 0 bridgehead atoms. The maximum atomic E-state index is 12.1. The minimum Gasteiger partial charge on any atom is -0.444 e. The molecule has 2 N–H and O–H groups in total. The second kappa shape index (κ2) is 10.2. The highest BCUT2D eigenvalue weighted by molar-refractivity contribution is 7.14. The number of ether oxygens (including phenoxy) is 1. The summed E-state index contributed by atoms with van der Waals surface area (Å²) >= 11 is 1.54. The Morgan fingerprint density at radius 2 is 1.88 bits per heavy atom. The first-order valence-electron chi connectivity index (χ1n) is 10.7. The molecule has 0 aliphatic heterocycles. The molecule has 3 heterocycles. The second-order valence-electron chi connectivity index (χ2n) is 7.63. The number of nitrogens with one attached hydrogen (secondary N) is 2. The summed E-state index contributed by atoms with van der Waals surface area (Å²) in [5, 5.41) is 7.76. The fourth-order valence-corrected chi connectivity index (χ4v) is 3.97. The number of hydrogen-bond donors (Lipinski definition) is 2. The van der Waals surface area contributed by atoms with Crippen molar-refractivity contribution in [3.05, 3.63) is 77.6 Å². The van der Waals surface area contributed by atoms with Gasteiger partial charge in [0.15, 0.2) is 0 Å². The highest BCUT2D eigenvalue weighted by atomic mass is 32.1. The summed E-state index contributed by atoms with van der Waals surface area (Å²) < 4.78 is 6.21. The number of carbonyl (C=O) groups excluding carboxylic acids is 1. The molecule has 3 aromatic heterocycles. The molecule has 0 aliphatic carbocycles. The van der Waals surface area contributed by atoms with E-state index in [-0.39, 0.29) is 11.9 Å². The van der Waals surface area contributed by atoms with Gasteiger partial charge in [-0.15, -0.1) is 0 Å². The van der Waals surface area contributed by atoms with Crippen molar-refractivity contribution >= 4 is 28.9 Å². The largest absolute Gasteiger partial charge is 0.444 e. The zero-order chi connectivity index (χ0) is 23.2. The number of aryl methyl sites for hydroxylation is 1. The van der Waals surface area contributed by atoms with Crippen molar-refractivity contribution in [1.82, 2.24) is 20.3 Å². The highest BCUT2D eigenvalue weighted by Crippen LogP contribution is 2.38. The Labute approximate surface area is 196 Å². The van der Waals surface area contributed by atoms with E-state index in [0.29, 0.717) is 22.9 Å². The first-order chi connectivity index (χ1) is 16.0. The molecule has 8 heteroatoms. The van der Waals surface area contributed by atoms with Crippen LogP contribution in [-0.4, -0.2) is 26.9 Å². The van der Waals surface area contributed by atoms with Crippen LogP contribution >= 0.6 is 11.3 Å². The van der Waals surface area contributed by atoms with E-state index >= 15 is 0 Å². The third kappa shape index (κ3) is 5.72. The van der Waals surface area contributed by atoms with Gasteiger partial charge in [0.05, 0.1) is 10.6 Å². The number of rotatable bonds is 8. The van der Waals surface area contributed by atoms with Crippen molar-refractivity contribution in [1.29, 1.82) is 0 Å². The molecule has 0 spiro atoms. The van der Waals surface area contributed by atoms with E-state index in [0.717, 1.165) is 27.7 Å². The number of hydrogen-bond acceptors (Lipinski definition) is 7. The van der Waals surface area contributed by atoms with Crippen LogP contribution < -0.4 is 15.4 Å². The molecule has 0 radical (unpaired) electrons. The van der Waals surface area contributed by atoms with Gasteiger partial charge in [0.2, 0.25) is 5.06 Å². The molecule has 7 nitrogen and oxygen atoms in total. The van der Waals surface area contributed by atoms with E-state index in [1.807, 2.05) is 44.2 Å². The van der Waals surface area contributed by atoms with Crippen LogP contribution in [0.3, 0.4) is 0 Å². The average Bonchev–Trinajstić information content (AvgIpc) is 3.23. The lowest BCUT2D eigenvalue weighted by atomic mass is 10.2. The fourth-order valence-electron chi connectivity index (χ4n) is 3.08. The van der Waals surface area contributed by atoms with E-state index < -0.39 is 0 Å². The highest BCUT2D eigenvalue weighted by Gasteiger charge is 2.15. The Morgan fingerprint density at radius 3 is 2.58 bits per heavy atom. The predicted octanol–water partition coefficient (Wildman–Crippen LogP) is 5.84. The van der Waals surface area contributed by atoms with Crippen molar-refractivity contribution in [2.24, 2.45) is 0 Å². The van der Waals surface area contributed by atoms with Gasteiger partial charge in [-0.1, -0.05) is 48.6 Å². The molecular weight excluding hydrogens is 434 g/mol. The van der Waals surface area contributed by atoms with E-state index in [9.17, 15) is 4.79 Å². The van der Waals surface area contributed by atoms with Crippen LogP contribution in [0.2, 0.25) is 0 Å². The van der Waals surface area contributed by atoms with Crippen molar-refractivity contribution in [3.8, 4) is 22.1 Å². The number of amides is 1. The zero-order valence-electron chi connectivity index (χ0n) is 18.7. The molecule has 0 fully saturated rings. The monoisotopic (exact) mass is 459 g/mol. The minimum atomic E-state index is -0.150. The summed E-state index contributed by atoms with van der Waals surface area (Å²) in [6.07, 6.45) is 4.05. The van der Waals surface area contributed by atoms with Gasteiger partial charge in [-0.2, -0.15) is 0 Å². The molecule has 0 atom stereocenters. The number of thiazole rings is 1. The fraction of sp³-hybridized carbons (Fsp3) is 0.200. The summed E-state index contributed by atoms with van der Waals surface area (Å²) in [6.45, 7) is 5.91. The Morgan fingerprint density at radius 1 is 1.06 bits per heavy atom. The first-order valence-corrected chi connectivity index (χ1v) is 11.6. The number of nitrogens with zero attached hydrogens (tertiary/aromatic N) is 3. The second-order valence-corrected chi connectivity index (χ2v) is 8.67. The Balaban J connectivity index is 1.50. The van der Waals surface area contributed by atoms with Gasteiger partial charge < -0.3 is 15.4 Å². The lowest BCUT2D eigenvalue weighted by Crippen LogP contribution is -2.30. The maximum Gasteiger partial charge on any atom is 0.253 e.